The number of anilines is 1. The van der Waals surface area contributed by atoms with Crippen LogP contribution in [-0.2, 0) is 26.2 Å². The number of sulfonamides is 1. The third-order valence-corrected chi connectivity index (χ3v) is 8.79. The zero-order chi connectivity index (χ0) is 33.1. The van der Waals surface area contributed by atoms with Crippen molar-refractivity contribution in [2.75, 3.05) is 45.3 Å². The lowest BCUT2D eigenvalue weighted by Crippen LogP contribution is -2.51. The van der Waals surface area contributed by atoms with Gasteiger partial charge in [-0.25, -0.2) is 8.42 Å². The van der Waals surface area contributed by atoms with E-state index >= 15 is 0 Å². The number of nitrogens with one attached hydrogen (secondary N) is 1. The van der Waals surface area contributed by atoms with E-state index in [1.807, 2.05) is 20.8 Å². The van der Waals surface area contributed by atoms with Crippen LogP contribution in [0.2, 0.25) is 0 Å². The fraction of sp³-hybridized carbons (Fsp3) is 0.394. The van der Waals surface area contributed by atoms with Gasteiger partial charge in [-0.05, 0) is 73.9 Å². The lowest BCUT2D eigenvalue weighted by Gasteiger charge is -2.32. The molecule has 0 saturated heterocycles. The van der Waals surface area contributed by atoms with Crippen molar-refractivity contribution in [1.82, 2.24) is 10.2 Å². The highest BCUT2D eigenvalue weighted by Crippen LogP contribution is 2.33. The van der Waals surface area contributed by atoms with Gasteiger partial charge in [0.25, 0.3) is 10.0 Å². The second-order valence-electron chi connectivity index (χ2n) is 10.6. The van der Waals surface area contributed by atoms with Crippen molar-refractivity contribution in [3.05, 3.63) is 72.3 Å². The quantitative estimate of drug-likeness (QED) is 0.243. The standard InChI is InChI=1S/C33H43N3O8S/c1-8-44-28-15-11-26(12-16-28)36(45(39,40)29-17-18-30(42-6)31(19-29)43-7)22-32(37)35(24(4)33(38)34-20-23(2)3)21-25-9-13-27(41-5)14-10-25/h9-19,23-24H,8,20-22H2,1-7H3,(H,34,38)/t24-/m0/s1. The van der Waals surface area contributed by atoms with Gasteiger partial charge in [-0.1, -0.05) is 26.0 Å². The number of carbonyl (C=O) groups excluding carboxylic acids is 2. The van der Waals surface area contributed by atoms with E-state index in [2.05, 4.69) is 5.32 Å². The first-order valence-electron chi connectivity index (χ1n) is 14.6. The third-order valence-electron chi connectivity index (χ3n) is 7.02. The summed E-state index contributed by atoms with van der Waals surface area (Å²) >= 11 is 0. The molecule has 0 fully saturated rings. The van der Waals surface area contributed by atoms with Crippen molar-refractivity contribution in [2.24, 2.45) is 5.92 Å². The number of amides is 2. The molecule has 3 aromatic rings. The van der Waals surface area contributed by atoms with Crippen LogP contribution in [0, 0.1) is 5.92 Å². The summed E-state index contributed by atoms with van der Waals surface area (Å²) in [6.45, 7) is 7.76. The Hall–Kier alpha value is -4.45. The van der Waals surface area contributed by atoms with Gasteiger partial charge in [-0.15, -0.1) is 0 Å². The van der Waals surface area contributed by atoms with Gasteiger partial charge < -0.3 is 29.2 Å². The van der Waals surface area contributed by atoms with Crippen LogP contribution < -0.4 is 28.6 Å². The first kappa shape index (κ1) is 35.0. The number of methoxy groups -OCH3 is 3. The van der Waals surface area contributed by atoms with Gasteiger partial charge in [0, 0.05) is 19.2 Å². The minimum Gasteiger partial charge on any atom is -0.497 e. The summed E-state index contributed by atoms with van der Waals surface area (Å²) in [6, 6.07) is 16.8. The number of hydrogen-bond acceptors (Lipinski definition) is 8. The van der Waals surface area contributed by atoms with Crippen LogP contribution in [0.15, 0.2) is 71.6 Å². The van der Waals surface area contributed by atoms with E-state index in [4.69, 9.17) is 18.9 Å². The smallest absolute Gasteiger partial charge is 0.264 e. The zero-order valence-corrected chi connectivity index (χ0v) is 27.7. The second-order valence-corrected chi connectivity index (χ2v) is 12.5. The van der Waals surface area contributed by atoms with E-state index in [1.54, 1.807) is 62.6 Å². The van der Waals surface area contributed by atoms with Gasteiger partial charge >= 0.3 is 0 Å². The topological polar surface area (TPSA) is 124 Å². The van der Waals surface area contributed by atoms with Gasteiger partial charge in [0.15, 0.2) is 11.5 Å². The molecule has 0 bridgehead atoms. The lowest BCUT2D eigenvalue weighted by molar-refractivity contribution is -0.139. The molecule has 0 aliphatic heterocycles. The number of nitrogens with zero attached hydrogens (tertiary/aromatic N) is 2. The monoisotopic (exact) mass is 641 g/mol. The van der Waals surface area contributed by atoms with Gasteiger partial charge in [-0.2, -0.15) is 0 Å². The Bertz CT molecular complexity index is 1530. The van der Waals surface area contributed by atoms with Crippen LogP contribution in [0.1, 0.15) is 33.3 Å². The number of rotatable bonds is 16. The minimum atomic E-state index is -4.32. The second kappa shape index (κ2) is 16.0. The Morgan fingerprint density at radius 2 is 1.44 bits per heavy atom. The molecule has 0 aliphatic carbocycles. The molecule has 3 aromatic carbocycles. The van der Waals surface area contributed by atoms with Crippen LogP contribution in [0.3, 0.4) is 0 Å². The highest BCUT2D eigenvalue weighted by molar-refractivity contribution is 7.92. The third kappa shape index (κ3) is 9.04. The fourth-order valence-electron chi connectivity index (χ4n) is 4.47. The molecule has 0 radical (unpaired) electrons. The van der Waals surface area contributed by atoms with E-state index in [0.717, 1.165) is 9.87 Å². The lowest BCUT2D eigenvalue weighted by atomic mass is 10.1. The molecule has 11 nitrogen and oxygen atoms in total. The molecule has 3 rings (SSSR count). The molecule has 2 amide bonds. The molecule has 244 valence electrons. The molecular formula is C33H43N3O8S. The summed E-state index contributed by atoms with van der Waals surface area (Å²) < 4.78 is 50.9. The van der Waals surface area contributed by atoms with Crippen molar-refractivity contribution in [2.45, 2.75) is 45.2 Å². The maximum absolute atomic E-state index is 14.2. The number of benzene rings is 3. The summed E-state index contributed by atoms with van der Waals surface area (Å²) in [5, 5.41) is 2.88. The van der Waals surface area contributed by atoms with Crippen molar-refractivity contribution in [1.29, 1.82) is 0 Å². The van der Waals surface area contributed by atoms with Crippen LogP contribution in [0.25, 0.3) is 0 Å². The van der Waals surface area contributed by atoms with Gasteiger partial charge in [0.1, 0.15) is 24.1 Å². The average Bonchev–Trinajstić information content (AvgIpc) is 3.04. The fourth-order valence-corrected chi connectivity index (χ4v) is 5.90. The molecule has 0 saturated carbocycles. The van der Waals surface area contributed by atoms with Crippen molar-refractivity contribution in [3.63, 3.8) is 0 Å². The number of hydrogen-bond donors (Lipinski definition) is 1. The summed E-state index contributed by atoms with van der Waals surface area (Å²) in [5.41, 5.74) is 0.978. The molecule has 0 spiro atoms. The SMILES string of the molecule is CCOc1ccc(N(CC(=O)N(Cc2ccc(OC)cc2)[C@@H](C)C(=O)NCC(C)C)S(=O)(=O)c2ccc(OC)c(OC)c2)cc1. The molecule has 0 heterocycles. The first-order valence-corrected chi connectivity index (χ1v) is 16.1. The molecule has 0 unspecified atom stereocenters. The Labute approximate surface area is 266 Å². The van der Waals surface area contributed by atoms with Crippen molar-refractivity contribution >= 4 is 27.5 Å². The van der Waals surface area contributed by atoms with Crippen LogP contribution in [0.5, 0.6) is 23.0 Å². The zero-order valence-electron chi connectivity index (χ0n) is 26.9. The molecule has 0 aromatic heterocycles. The molecule has 45 heavy (non-hydrogen) atoms. The molecular weight excluding hydrogens is 598 g/mol. The number of carbonyl (C=O) groups is 2. The molecule has 1 N–H and O–H groups in total. The maximum Gasteiger partial charge on any atom is 0.264 e. The average molecular weight is 642 g/mol. The van der Waals surface area contributed by atoms with Crippen molar-refractivity contribution < 1.29 is 37.0 Å². The predicted octanol–water partition coefficient (Wildman–Crippen LogP) is 4.50. The van der Waals surface area contributed by atoms with E-state index in [1.165, 1.54) is 37.3 Å². The highest BCUT2D eigenvalue weighted by Gasteiger charge is 2.33. The number of ether oxygens (including phenoxy) is 4. The molecule has 12 heteroatoms. The van der Waals surface area contributed by atoms with Gasteiger partial charge in [-0.3, -0.25) is 13.9 Å². The van der Waals surface area contributed by atoms with Crippen LogP contribution >= 0.6 is 0 Å². The highest BCUT2D eigenvalue weighted by atomic mass is 32.2. The summed E-state index contributed by atoms with van der Waals surface area (Å²) in [6.07, 6.45) is 0. The maximum atomic E-state index is 14.2. The normalized spacial score (nSPS) is 11.8. The Morgan fingerprint density at radius 3 is 2.00 bits per heavy atom. The first-order chi connectivity index (χ1) is 21.4. The summed E-state index contributed by atoms with van der Waals surface area (Å²) in [7, 11) is 0.0923. The molecule has 1 atom stereocenters. The van der Waals surface area contributed by atoms with Crippen molar-refractivity contribution in [3.8, 4) is 23.0 Å². The summed E-state index contributed by atoms with van der Waals surface area (Å²) in [5.74, 6) is 1.04. The molecule has 0 aliphatic rings. The van der Waals surface area contributed by atoms with E-state index in [0.29, 0.717) is 30.4 Å². The van der Waals surface area contributed by atoms with Crippen LogP contribution in [-0.4, -0.2) is 72.2 Å². The van der Waals surface area contributed by atoms with E-state index in [-0.39, 0.29) is 34.7 Å². The van der Waals surface area contributed by atoms with Gasteiger partial charge in [0.2, 0.25) is 11.8 Å². The van der Waals surface area contributed by atoms with Crippen LogP contribution in [0.4, 0.5) is 5.69 Å². The summed E-state index contributed by atoms with van der Waals surface area (Å²) in [4.78, 5) is 28.6. The van der Waals surface area contributed by atoms with E-state index < -0.39 is 28.5 Å². The minimum absolute atomic E-state index is 0.0621. The Balaban J connectivity index is 2.06. The predicted molar refractivity (Wildman–Crippen MR) is 173 cm³/mol. The Morgan fingerprint density at radius 1 is 0.822 bits per heavy atom. The largest absolute Gasteiger partial charge is 0.497 e. The van der Waals surface area contributed by atoms with E-state index in [9.17, 15) is 18.0 Å². The van der Waals surface area contributed by atoms with Gasteiger partial charge in [0.05, 0.1) is 38.5 Å². The Kier molecular flexibility index (Phi) is 12.5.